The molecule has 0 aliphatic carbocycles. The molecule has 0 bridgehead atoms. The van der Waals surface area contributed by atoms with Gasteiger partial charge in [-0.2, -0.15) is 0 Å². The molecule has 2 N–H and O–H groups in total. The molecule has 0 fully saturated rings. The molecule has 0 aromatic heterocycles. The maximum absolute atomic E-state index is 11.9. The molecule has 7 nitrogen and oxygen atoms in total. The van der Waals surface area contributed by atoms with Crippen LogP contribution in [0.25, 0.3) is 0 Å². The number of ether oxygens (including phenoxy) is 1. The van der Waals surface area contributed by atoms with E-state index in [-0.39, 0.29) is 17.6 Å². The molecule has 24 heavy (non-hydrogen) atoms. The number of anilines is 1. The minimum atomic E-state index is -0.481. The van der Waals surface area contributed by atoms with Crippen LogP contribution in [0.1, 0.15) is 5.56 Å². The van der Waals surface area contributed by atoms with Crippen LogP contribution in [0.15, 0.2) is 48.5 Å². The summed E-state index contributed by atoms with van der Waals surface area (Å²) in [7, 11) is 0. The molecule has 0 radical (unpaired) electrons. The molecule has 1 aliphatic rings. The first-order valence-electron chi connectivity index (χ1n) is 7.62. The third-order valence-electron chi connectivity index (χ3n) is 3.84. The van der Waals surface area contributed by atoms with E-state index in [9.17, 15) is 14.9 Å². The van der Waals surface area contributed by atoms with Gasteiger partial charge in [0.2, 0.25) is 0 Å². The van der Waals surface area contributed by atoms with Crippen LogP contribution in [-0.2, 0) is 6.42 Å². The van der Waals surface area contributed by atoms with Crippen LogP contribution in [0.3, 0.4) is 0 Å². The Hall–Kier alpha value is -3.09. The molecule has 7 heteroatoms. The van der Waals surface area contributed by atoms with Gasteiger partial charge in [0.05, 0.1) is 11.5 Å². The molecule has 3 rings (SSSR count). The first-order valence-corrected chi connectivity index (χ1v) is 7.62. The molecule has 0 saturated carbocycles. The third-order valence-corrected chi connectivity index (χ3v) is 3.84. The van der Waals surface area contributed by atoms with Crippen LogP contribution in [0.4, 0.5) is 16.2 Å². The van der Waals surface area contributed by atoms with Crippen LogP contribution < -0.4 is 15.4 Å². The molecular formula is C17H17N3O4. The van der Waals surface area contributed by atoms with E-state index in [0.29, 0.717) is 18.8 Å². The first kappa shape index (κ1) is 15.8. The molecule has 1 aliphatic heterocycles. The molecule has 0 spiro atoms. The minimum Gasteiger partial charge on any atom is -0.493 e. The average molecular weight is 327 g/mol. The fraction of sp³-hybridized carbons (Fsp3) is 0.235. The monoisotopic (exact) mass is 327 g/mol. The lowest BCUT2D eigenvalue weighted by Crippen LogP contribution is -2.37. The van der Waals surface area contributed by atoms with Crippen molar-refractivity contribution in [2.45, 2.75) is 6.42 Å². The van der Waals surface area contributed by atoms with Crippen LogP contribution >= 0.6 is 0 Å². The number of carbonyl (C=O) groups excluding carboxylic acids is 1. The Bertz CT molecular complexity index is 746. The lowest BCUT2D eigenvalue weighted by Gasteiger charge is -2.25. The van der Waals surface area contributed by atoms with Crippen molar-refractivity contribution in [2.75, 3.05) is 18.5 Å². The number of hydrogen-bond acceptors (Lipinski definition) is 4. The van der Waals surface area contributed by atoms with Gasteiger partial charge in [0, 0.05) is 30.3 Å². The second-order valence-corrected chi connectivity index (χ2v) is 5.63. The maximum atomic E-state index is 11.9. The number of rotatable bonds is 4. The van der Waals surface area contributed by atoms with Gasteiger partial charge in [0.1, 0.15) is 5.75 Å². The van der Waals surface area contributed by atoms with Crippen LogP contribution in [0.2, 0.25) is 0 Å². The van der Waals surface area contributed by atoms with Gasteiger partial charge in [-0.05, 0) is 30.2 Å². The number of urea groups is 1. The Kier molecular flexibility index (Phi) is 4.60. The number of amides is 2. The Balaban J connectivity index is 1.48. The van der Waals surface area contributed by atoms with Gasteiger partial charge in [-0.15, -0.1) is 0 Å². The standard InChI is InChI=1S/C17H17N3O4/c21-17(19-14-5-7-15(8-6-14)20(22)23)18-10-12-9-13-3-1-2-4-16(13)24-11-12/h1-8,12H,9-11H2,(H2,18,19,21)/t12-/m0/s1. The number of nitrogens with zero attached hydrogens (tertiary/aromatic N) is 1. The van der Waals surface area contributed by atoms with Crippen molar-refractivity contribution in [1.82, 2.24) is 5.32 Å². The predicted molar refractivity (Wildman–Crippen MR) is 89.2 cm³/mol. The second kappa shape index (κ2) is 6.99. The molecule has 1 atom stereocenters. The largest absolute Gasteiger partial charge is 0.493 e. The lowest BCUT2D eigenvalue weighted by molar-refractivity contribution is -0.384. The zero-order valence-electron chi connectivity index (χ0n) is 12.9. The summed E-state index contributed by atoms with van der Waals surface area (Å²) < 4.78 is 5.69. The Morgan fingerprint density at radius 2 is 1.96 bits per heavy atom. The normalized spacial score (nSPS) is 15.8. The van der Waals surface area contributed by atoms with E-state index >= 15 is 0 Å². The Labute approximate surface area is 138 Å². The third kappa shape index (κ3) is 3.81. The summed E-state index contributed by atoms with van der Waals surface area (Å²) in [5, 5.41) is 16.1. The van der Waals surface area contributed by atoms with Crippen molar-refractivity contribution in [3.05, 3.63) is 64.2 Å². The van der Waals surface area contributed by atoms with Crippen molar-refractivity contribution in [3.63, 3.8) is 0 Å². The number of nitro benzene ring substituents is 1. The van der Waals surface area contributed by atoms with Crippen molar-refractivity contribution < 1.29 is 14.5 Å². The predicted octanol–water partition coefficient (Wildman–Crippen LogP) is 2.97. The van der Waals surface area contributed by atoms with E-state index < -0.39 is 4.92 Å². The summed E-state index contributed by atoms with van der Waals surface area (Å²) in [4.78, 5) is 22.0. The van der Waals surface area contributed by atoms with E-state index in [1.54, 1.807) is 0 Å². The van der Waals surface area contributed by atoms with Gasteiger partial charge < -0.3 is 15.4 Å². The molecule has 0 unspecified atom stereocenters. The summed E-state index contributed by atoms with van der Waals surface area (Å²) in [5.41, 5.74) is 1.63. The highest BCUT2D eigenvalue weighted by Gasteiger charge is 2.20. The zero-order chi connectivity index (χ0) is 16.9. The fourth-order valence-electron chi connectivity index (χ4n) is 2.60. The smallest absolute Gasteiger partial charge is 0.319 e. The molecule has 124 valence electrons. The van der Waals surface area contributed by atoms with Crippen LogP contribution in [0.5, 0.6) is 5.75 Å². The minimum absolute atomic E-state index is 0.0148. The molecule has 1 heterocycles. The highest BCUT2D eigenvalue weighted by atomic mass is 16.6. The van der Waals surface area contributed by atoms with Gasteiger partial charge >= 0.3 is 6.03 Å². The number of non-ortho nitro benzene ring substituents is 1. The van der Waals surface area contributed by atoms with Crippen molar-refractivity contribution in [1.29, 1.82) is 0 Å². The second-order valence-electron chi connectivity index (χ2n) is 5.63. The van der Waals surface area contributed by atoms with E-state index in [4.69, 9.17) is 4.74 Å². The summed E-state index contributed by atoms with van der Waals surface area (Å²) in [5.74, 6) is 1.12. The number of benzene rings is 2. The number of fused-ring (bicyclic) bond motifs is 1. The van der Waals surface area contributed by atoms with Crippen molar-refractivity contribution in [3.8, 4) is 5.75 Å². The van der Waals surface area contributed by atoms with E-state index in [2.05, 4.69) is 10.6 Å². The SMILES string of the molecule is O=C(NC[C@H]1COc2ccccc2C1)Nc1ccc([N+](=O)[O-])cc1. The summed E-state index contributed by atoms with van der Waals surface area (Å²) in [6.07, 6.45) is 0.855. The molecule has 2 aromatic rings. The number of carbonyl (C=O) groups is 1. The van der Waals surface area contributed by atoms with Gasteiger partial charge in [-0.25, -0.2) is 4.79 Å². The van der Waals surface area contributed by atoms with E-state index in [1.807, 2.05) is 24.3 Å². The van der Waals surface area contributed by atoms with Gasteiger partial charge in [0.15, 0.2) is 0 Å². The van der Waals surface area contributed by atoms with E-state index in [1.165, 1.54) is 24.3 Å². The van der Waals surface area contributed by atoms with E-state index in [0.717, 1.165) is 17.7 Å². The zero-order valence-corrected chi connectivity index (χ0v) is 12.9. The Morgan fingerprint density at radius 3 is 2.71 bits per heavy atom. The Morgan fingerprint density at radius 1 is 1.21 bits per heavy atom. The van der Waals surface area contributed by atoms with Gasteiger partial charge in [0.25, 0.3) is 5.69 Å². The number of hydrogen-bond donors (Lipinski definition) is 2. The molecule has 2 aromatic carbocycles. The van der Waals surface area contributed by atoms with Crippen molar-refractivity contribution >= 4 is 17.4 Å². The molecule has 0 saturated heterocycles. The van der Waals surface area contributed by atoms with Crippen molar-refractivity contribution in [2.24, 2.45) is 5.92 Å². The van der Waals surface area contributed by atoms with Gasteiger partial charge in [-0.1, -0.05) is 18.2 Å². The maximum Gasteiger partial charge on any atom is 0.319 e. The lowest BCUT2D eigenvalue weighted by atomic mass is 9.97. The number of nitro groups is 1. The molecular weight excluding hydrogens is 310 g/mol. The van der Waals surface area contributed by atoms with Gasteiger partial charge in [-0.3, -0.25) is 10.1 Å². The highest BCUT2D eigenvalue weighted by molar-refractivity contribution is 5.89. The topological polar surface area (TPSA) is 93.5 Å². The number of nitrogens with one attached hydrogen (secondary N) is 2. The summed E-state index contributed by atoms with van der Waals surface area (Å²) in [6, 6.07) is 13.2. The first-order chi connectivity index (χ1) is 11.6. The number of para-hydroxylation sites is 1. The fourth-order valence-corrected chi connectivity index (χ4v) is 2.60. The highest BCUT2D eigenvalue weighted by Crippen LogP contribution is 2.26. The van der Waals surface area contributed by atoms with Crippen LogP contribution in [0, 0.1) is 16.0 Å². The average Bonchev–Trinajstić information content (AvgIpc) is 2.60. The quantitative estimate of drug-likeness (QED) is 0.667. The summed E-state index contributed by atoms with van der Waals surface area (Å²) in [6.45, 7) is 1.06. The van der Waals surface area contributed by atoms with Crippen LogP contribution in [-0.4, -0.2) is 24.1 Å². The molecule has 2 amide bonds. The summed E-state index contributed by atoms with van der Waals surface area (Å²) >= 11 is 0.